The van der Waals surface area contributed by atoms with Crippen molar-refractivity contribution < 1.29 is 13.2 Å². The first kappa shape index (κ1) is 14.2. The Kier molecular flexibility index (Phi) is 3.60. The summed E-state index contributed by atoms with van der Waals surface area (Å²) in [6.07, 6.45) is 2.96. The molecule has 1 amide bonds. The minimum Gasteiger partial charge on any atom is -0.330 e. The first-order chi connectivity index (χ1) is 9.29. The maximum Gasteiger partial charge on any atom is 0.273 e. The second kappa shape index (κ2) is 5.06. The van der Waals surface area contributed by atoms with E-state index in [-0.39, 0.29) is 10.8 Å². The molecule has 7 nitrogen and oxygen atoms in total. The van der Waals surface area contributed by atoms with E-state index in [2.05, 4.69) is 10.3 Å². The van der Waals surface area contributed by atoms with Crippen molar-refractivity contribution in [2.24, 2.45) is 12.2 Å². The minimum atomic E-state index is -3.76. The highest BCUT2D eigenvalue weighted by atomic mass is 32.2. The summed E-state index contributed by atoms with van der Waals surface area (Å²) in [6.45, 7) is 1.61. The number of amides is 1. The number of sulfonamides is 1. The van der Waals surface area contributed by atoms with Gasteiger partial charge in [0.25, 0.3) is 5.91 Å². The second-order valence-corrected chi connectivity index (χ2v) is 5.90. The normalized spacial score (nSPS) is 11.3. The lowest BCUT2D eigenvalue weighted by Gasteiger charge is -2.08. The van der Waals surface area contributed by atoms with Gasteiger partial charge in [0.1, 0.15) is 5.69 Å². The van der Waals surface area contributed by atoms with Gasteiger partial charge in [-0.15, -0.1) is 0 Å². The monoisotopic (exact) mass is 294 g/mol. The predicted molar refractivity (Wildman–Crippen MR) is 73.7 cm³/mol. The Balaban J connectivity index is 2.26. The maximum absolute atomic E-state index is 12.0. The molecule has 0 saturated heterocycles. The van der Waals surface area contributed by atoms with Gasteiger partial charge in [0.15, 0.2) is 0 Å². The molecule has 0 spiro atoms. The topological polar surface area (TPSA) is 107 Å². The van der Waals surface area contributed by atoms with E-state index in [4.69, 9.17) is 5.14 Å². The Morgan fingerprint density at radius 2 is 2.10 bits per heavy atom. The maximum atomic E-state index is 12.0. The van der Waals surface area contributed by atoms with E-state index >= 15 is 0 Å². The molecule has 0 atom stereocenters. The van der Waals surface area contributed by atoms with Crippen molar-refractivity contribution in [2.45, 2.75) is 11.8 Å². The molecule has 0 aliphatic carbocycles. The fourth-order valence-corrected chi connectivity index (χ4v) is 2.58. The standard InChI is InChI=1S/C12H14N4O3S/c1-8-5-9(3-4-11(8)20(13,18)19)15-12(17)10-6-14-7-16(10)2/h3-7H,1-2H3,(H,15,17)(H2,13,18,19). The highest BCUT2D eigenvalue weighted by Crippen LogP contribution is 2.19. The van der Waals surface area contributed by atoms with E-state index in [1.807, 2.05) is 0 Å². The van der Waals surface area contributed by atoms with E-state index in [9.17, 15) is 13.2 Å². The SMILES string of the molecule is Cc1cc(NC(=O)c2cncn2C)ccc1S(N)(=O)=O. The molecule has 3 N–H and O–H groups in total. The molecule has 1 aromatic heterocycles. The average Bonchev–Trinajstić information content (AvgIpc) is 2.73. The lowest BCUT2D eigenvalue weighted by atomic mass is 10.2. The predicted octanol–water partition coefficient (Wildman–Crippen LogP) is 0.628. The van der Waals surface area contributed by atoms with Crippen molar-refractivity contribution in [1.82, 2.24) is 9.55 Å². The third kappa shape index (κ3) is 2.86. The highest BCUT2D eigenvalue weighted by Gasteiger charge is 2.14. The number of primary sulfonamides is 1. The van der Waals surface area contributed by atoms with Gasteiger partial charge in [-0.2, -0.15) is 0 Å². The number of nitrogens with two attached hydrogens (primary N) is 1. The molecule has 20 heavy (non-hydrogen) atoms. The van der Waals surface area contributed by atoms with Gasteiger partial charge < -0.3 is 9.88 Å². The Bertz CT molecular complexity index is 765. The lowest BCUT2D eigenvalue weighted by molar-refractivity contribution is 0.101. The molecule has 0 unspecified atom stereocenters. The van der Waals surface area contributed by atoms with Crippen molar-refractivity contribution in [2.75, 3.05) is 5.32 Å². The molecule has 2 aromatic rings. The van der Waals surface area contributed by atoms with Crippen LogP contribution in [0.5, 0.6) is 0 Å². The second-order valence-electron chi connectivity index (χ2n) is 4.37. The fraction of sp³-hybridized carbons (Fsp3) is 0.167. The smallest absolute Gasteiger partial charge is 0.273 e. The van der Waals surface area contributed by atoms with Crippen molar-refractivity contribution in [3.05, 3.63) is 42.0 Å². The van der Waals surface area contributed by atoms with Crippen molar-refractivity contribution in [1.29, 1.82) is 0 Å². The number of benzene rings is 1. The summed E-state index contributed by atoms with van der Waals surface area (Å²) in [5.74, 6) is -0.326. The van der Waals surface area contributed by atoms with Crippen LogP contribution in [0.15, 0.2) is 35.6 Å². The number of imidazole rings is 1. The zero-order valence-electron chi connectivity index (χ0n) is 11.0. The summed E-state index contributed by atoms with van der Waals surface area (Å²) in [5, 5.41) is 7.75. The van der Waals surface area contributed by atoms with Gasteiger partial charge in [-0.05, 0) is 30.7 Å². The number of nitrogens with zero attached hydrogens (tertiary/aromatic N) is 2. The van der Waals surface area contributed by atoms with Crippen LogP contribution in [-0.4, -0.2) is 23.9 Å². The summed E-state index contributed by atoms with van der Waals surface area (Å²) < 4.78 is 24.2. The van der Waals surface area contributed by atoms with Gasteiger partial charge in [-0.3, -0.25) is 4.79 Å². The van der Waals surface area contributed by atoms with E-state index < -0.39 is 10.0 Å². The van der Waals surface area contributed by atoms with Crippen LogP contribution in [0, 0.1) is 6.92 Å². The molecular weight excluding hydrogens is 280 g/mol. The number of nitrogens with one attached hydrogen (secondary N) is 1. The number of carbonyl (C=O) groups excluding carboxylic acids is 1. The van der Waals surface area contributed by atoms with Crippen molar-refractivity contribution >= 4 is 21.6 Å². The molecule has 106 valence electrons. The van der Waals surface area contributed by atoms with Gasteiger partial charge in [0.2, 0.25) is 10.0 Å². The van der Waals surface area contributed by atoms with Crippen LogP contribution < -0.4 is 10.5 Å². The number of carbonyl (C=O) groups is 1. The van der Waals surface area contributed by atoms with Crippen LogP contribution in [0.1, 0.15) is 16.1 Å². The lowest BCUT2D eigenvalue weighted by Crippen LogP contribution is -2.16. The molecule has 8 heteroatoms. The third-order valence-electron chi connectivity index (χ3n) is 2.79. The Morgan fingerprint density at radius 3 is 2.60 bits per heavy atom. The van der Waals surface area contributed by atoms with Crippen LogP contribution in [0.3, 0.4) is 0 Å². The number of rotatable bonds is 3. The molecular formula is C12H14N4O3S. The van der Waals surface area contributed by atoms with Crippen molar-refractivity contribution in [3.8, 4) is 0 Å². The zero-order valence-corrected chi connectivity index (χ0v) is 11.8. The summed E-state index contributed by atoms with van der Waals surface area (Å²) in [4.78, 5) is 15.9. The third-order valence-corrected chi connectivity index (χ3v) is 3.86. The molecule has 1 aromatic carbocycles. The van der Waals surface area contributed by atoms with E-state index in [1.54, 1.807) is 24.6 Å². The summed E-state index contributed by atoms with van der Waals surface area (Å²) >= 11 is 0. The van der Waals surface area contributed by atoms with Crippen LogP contribution >= 0.6 is 0 Å². The highest BCUT2D eigenvalue weighted by molar-refractivity contribution is 7.89. The summed E-state index contributed by atoms with van der Waals surface area (Å²) in [7, 11) is -2.05. The van der Waals surface area contributed by atoms with Gasteiger partial charge >= 0.3 is 0 Å². The summed E-state index contributed by atoms with van der Waals surface area (Å²) in [5.41, 5.74) is 1.36. The number of aromatic nitrogens is 2. The fourth-order valence-electron chi connectivity index (χ4n) is 1.82. The molecule has 0 bridgehead atoms. The molecule has 0 aliphatic rings. The van der Waals surface area contributed by atoms with Gasteiger partial charge in [-0.1, -0.05) is 0 Å². The van der Waals surface area contributed by atoms with Gasteiger partial charge in [0.05, 0.1) is 17.4 Å². The van der Waals surface area contributed by atoms with Crippen LogP contribution in [-0.2, 0) is 17.1 Å². The minimum absolute atomic E-state index is 0.0380. The van der Waals surface area contributed by atoms with Crippen LogP contribution in [0.25, 0.3) is 0 Å². The molecule has 0 saturated carbocycles. The van der Waals surface area contributed by atoms with E-state index in [0.717, 1.165) is 0 Å². The molecule has 2 rings (SSSR count). The number of hydrogen-bond donors (Lipinski definition) is 2. The number of aryl methyl sites for hydroxylation is 2. The Labute approximate surface area is 116 Å². The largest absolute Gasteiger partial charge is 0.330 e. The van der Waals surface area contributed by atoms with E-state index in [0.29, 0.717) is 16.9 Å². The first-order valence-corrected chi connectivity index (χ1v) is 7.25. The quantitative estimate of drug-likeness (QED) is 0.865. The molecule has 0 fully saturated rings. The average molecular weight is 294 g/mol. The molecule has 0 radical (unpaired) electrons. The Morgan fingerprint density at radius 1 is 1.40 bits per heavy atom. The van der Waals surface area contributed by atoms with Gasteiger partial charge in [0, 0.05) is 12.7 Å². The number of hydrogen-bond acceptors (Lipinski definition) is 4. The molecule has 0 aliphatic heterocycles. The van der Waals surface area contributed by atoms with Crippen LogP contribution in [0.4, 0.5) is 5.69 Å². The Hall–Kier alpha value is -2.19. The zero-order chi connectivity index (χ0) is 14.9. The van der Waals surface area contributed by atoms with E-state index in [1.165, 1.54) is 24.7 Å². The van der Waals surface area contributed by atoms with Gasteiger partial charge in [-0.25, -0.2) is 18.5 Å². The van der Waals surface area contributed by atoms with Crippen molar-refractivity contribution in [3.63, 3.8) is 0 Å². The first-order valence-electron chi connectivity index (χ1n) is 5.70. The number of anilines is 1. The molecule has 1 heterocycles. The van der Waals surface area contributed by atoms with Crippen LogP contribution in [0.2, 0.25) is 0 Å². The summed E-state index contributed by atoms with van der Waals surface area (Å²) in [6, 6.07) is 4.40.